The van der Waals surface area contributed by atoms with Crippen LogP contribution in [-0.4, -0.2) is 25.3 Å². The van der Waals surface area contributed by atoms with Crippen LogP contribution in [0.2, 0.25) is 0 Å². The Bertz CT molecular complexity index is 1350. The van der Waals surface area contributed by atoms with E-state index in [0.29, 0.717) is 35.9 Å². The second kappa shape index (κ2) is 8.56. The van der Waals surface area contributed by atoms with Crippen molar-refractivity contribution >= 4 is 10.9 Å². The number of nitrogens with zero attached hydrogens (tertiary/aromatic N) is 1. The van der Waals surface area contributed by atoms with E-state index in [1.54, 1.807) is 14.2 Å². The van der Waals surface area contributed by atoms with E-state index in [4.69, 9.17) is 9.47 Å². The highest BCUT2D eigenvalue weighted by Crippen LogP contribution is 2.69. The molecule has 3 aliphatic carbocycles. The van der Waals surface area contributed by atoms with Gasteiger partial charge in [-0.1, -0.05) is 42.0 Å². The van der Waals surface area contributed by atoms with E-state index in [2.05, 4.69) is 48.7 Å². The Morgan fingerprint density at radius 2 is 1.77 bits per heavy atom. The molecule has 2 aromatic carbocycles. The number of fused-ring (bicyclic) bond motifs is 1. The predicted molar refractivity (Wildman–Crippen MR) is 139 cm³/mol. The van der Waals surface area contributed by atoms with Gasteiger partial charge in [-0.15, -0.1) is 0 Å². The second-order valence-electron chi connectivity index (χ2n) is 10.7. The number of pyridine rings is 1. The number of aryl methyl sites for hydroxylation is 1. The molecule has 2 fully saturated rings. The first-order valence-electron chi connectivity index (χ1n) is 12.8. The third kappa shape index (κ3) is 3.77. The van der Waals surface area contributed by atoms with Crippen LogP contribution in [0, 0.1) is 30.1 Å². The van der Waals surface area contributed by atoms with Crippen LogP contribution >= 0.6 is 0 Å². The molecule has 1 spiro atoms. The average Bonchev–Trinajstić information content (AvgIpc) is 3.54. The maximum absolute atomic E-state index is 13.7. The molecule has 182 valence electrons. The molecular formula is C30H34N2O3. The summed E-state index contributed by atoms with van der Waals surface area (Å²) in [4.78, 5) is 13.7. The SMILES string of the molecule is COc1cc2cc(CNC[C@@H]3C[C@H]4C=C[C@H]3C43CC3)c(=O)n(Cc3ccc(C)cc3)c2cc1OC. The molecule has 1 N–H and O–H groups in total. The van der Waals surface area contributed by atoms with E-state index < -0.39 is 0 Å². The summed E-state index contributed by atoms with van der Waals surface area (Å²) in [6, 6.07) is 14.3. The van der Waals surface area contributed by atoms with E-state index in [9.17, 15) is 4.79 Å². The van der Waals surface area contributed by atoms with Gasteiger partial charge in [-0.25, -0.2) is 0 Å². The fraction of sp³-hybridized carbons (Fsp3) is 0.433. The van der Waals surface area contributed by atoms with Gasteiger partial charge in [0.25, 0.3) is 5.56 Å². The first-order chi connectivity index (χ1) is 17.0. The Balaban J connectivity index is 1.31. The van der Waals surface area contributed by atoms with Crippen molar-refractivity contribution in [3.05, 3.63) is 81.7 Å². The molecule has 3 atom stereocenters. The number of rotatable bonds is 8. The molecule has 0 unspecified atom stereocenters. The summed E-state index contributed by atoms with van der Waals surface area (Å²) in [5.41, 5.74) is 4.60. The molecule has 0 aliphatic heterocycles. The minimum Gasteiger partial charge on any atom is -0.493 e. The minimum atomic E-state index is 0.0456. The van der Waals surface area contributed by atoms with E-state index in [-0.39, 0.29) is 5.56 Å². The van der Waals surface area contributed by atoms with Crippen LogP contribution < -0.4 is 20.3 Å². The Morgan fingerprint density at radius 1 is 1.03 bits per heavy atom. The van der Waals surface area contributed by atoms with Gasteiger partial charge in [0.1, 0.15) is 0 Å². The number of methoxy groups -OCH3 is 2. The summed E-state index contributed by atoms with van der Waals surface area (Å²) < 4.78 is 13.0. The number of hydrogen-bond acceptors (Lipinski definition) is 4. The van der Waals surface area contributed by atoms with Crippen molar-refractivity contribution in [2.45, 2.75) is 39.3 Å². The van der Waals surface area contributed by atoms with Crippen LogP contribution in [0.4, 0.5) is 0 Å². The first-order valence-corrected chi connectivity index (χ1v) is 12.8. The zero-order chi connectivity index (χ0) is 24.2. The highest BCUT2D eigenvalue weighted by atomic mass is 16.5. The average molecular weight is 471 g/mol. The fourth-order valence-electron chi connectivity index (χ4n) is 6.67. The largest absolute Gasteiger partial charge is 0.493 e. The van der Waals surface area contributed by atoms with E-state index in [0.717, 1.165) is 40.4 Å². The van der Waals surface area contributed by atoms with Gasteiger partial charge in [-0.2, -0.15) is 0 Å². The molecule has 1 heterocycles. The number of hydrogen-bond donors (Lipinski definition) is 1. The van der Waals surface area contributed by atoms with Gasteiger partial charge in [0.05, 0.1) is 26.3 Å². The lowest BCUT2D eigenvalue weighted by Crippen LogP contribution is -2.31. The quantitative estimate of drug-likeness (QED) is 0.467. The summed E-state index contributed by atoms with van der Waals surface area (Å²) in [6.07, 6.45) is 9.01. The second-order valence-corrected chi connectivity index (χ2v) is 10.7. The van der Waals surface area contributed by atoms with Gasteiger partial charge < -0.3 is 19.4 Å². The lowest BCUT2D eigenvalue weighted by atomic mass is 9.89. The molecule has 0 amide bonds. The molecule has 3 aromatic rings. The Kier molecular flexibility index (Phi) is 5.48. The maximum atomic E-state index is 13.7. The summed E-state index contributed by atoms with van der Waals surface area (Å²) in [5.74, 6) is 3.50. The number of ether oxygens (including phenoxy) is 2. The molecule has 6 rings (SSSR count). The number of nitrogens with one attached hydrogen (secondary N) is 1. The van der Waals surface area contributed by atoms with Gasteiger partial charge in [0, 0.05) is 23.6 Å². The monoisotopic (exact) mass is 470 g/mol. The van der Waals surface area contributed by atoms with E-state index >= 15 is 0 Å². The van der Waals surface area contributed by atoms with Crippen LogP contribution in [-0.2, 0) is 13.1 Å². The lowest BCUT2D eigenvalue weighted by Gasteiger charge is -2.21. The Morgan fingerprint density at radius 3 is 2.46 bits per heavy atom. The zero-order valence-corrected chi connectivity index (χ0v) is 20.8. The number of benzene rings is 2. The third-order valence-electron chi connectivity index (χ3n) is 8.70. The molecule has 5 nitrogen and oxygen atoms in total. The minimum absolute atomic E-state index is 0.0456. The smallest absolute Gasteiger partial charge is 0.255 e. The van der Waals surface area contributed by atoms with Crippen LogP contribution in [0.3, 0.4) is 0 Å². The van der Waals surface area contributed by atoms with Crippen molar-refractivity contribution in [1.82, 2.24) is 9.88 Å². The van der Waals surface area contributed by atoms with Crippen molar-refractivity contribution in [3.63, 3.8) is 0 Å². The molecule has 2 saturated carbocycles. The maximum Gasteiger partial charge on any atom is 0.255 e. The summed E-state index contributed by atoms with van der Waals surface area (Å²) in [6.45, 7) is 4.13. The molecule has 0 saturated heterocycles. The van der Waals surface area contributed by atoms with E-state index in [1.807, 2.05) is 22.8 Å². The summed E-state index contributed by atoms with van der Waals surface area (Å²) >= 11 is 0. The van der Waals surface area contributed by atoms with Crippen LogP contribution in [0.5, 0.6) is 11.5 Å². The van der Waals surface area contributed by atoms with Crippen molar-refractivity contribution in [1.29, 1.82) is 0 Å². The summed E-state index contributed by atoms with van der Waals surface area (Å²) in [7, 11) is 3.27. The van der Waals surface area contributed by atoms with Crippen molar-refractivity contribution in [3.8, 4) is 11.5 Å². The standard InChI is InChI=1S/C30H34N2O3/c1-19-4-6-20(7-5-19)18-32-26-15-28(35-3)27(34-2)14-21(26)12-23(29(32)33)17-31-16-22-13-24-8-9-25(22)30(24)10-11-30/h4-9,12,14-15,22,24-25,31H,10-11,13,16-18H2,1-3H3/t22-,24+,25+/m0/s1. The van der Waals surface area contributed by atoms with Crippen molar-refractivity contribution in [2.24, 2.45) is 23.2 Å². The van der Waals surface area contributed by atoms with Crippen molar-refractivity contribution < 1.29 is 9.47 Å². The van der Waals surface area contributed by atoms with Gasteiger partial charge in [0.15, 0.2) is 11.5 Å². The Labute approximate surface area is 206 Å². The molecule has 2 bridgehead atoms. The molecule has 0 radical (unpaired) electrons. The highest BCUT2D eigenvalue weighted by Gasteiger charge is 2.62. The Hall–Kier alpha value is -3.05. The summed E-state index contributed by atoms with van der Waals surface area (Å²) in [5, 5.41) is 4.62. The predicted octanol–water partition coefficient (Wildman–Crippen LogP) is 5.07. The molecule has 3 aliphatic rings. The molecule has 1 aromatic heterocycles. The fourth-order valence-corrected chi connectivity index (χ4v) is 6.67. The normalized spacial score (nSPS) is 23.3. The first kappa shape index (κ1) is 22.4. The van der Waals surface area contributed by atoms with Crippen LogP contribution in [0.25, 0.3) is 10.9 Å². The third-order valence-corrected chi connectivity index (χ3v) is 8.70. The number of allylic oxidation sites excluding steroid dienone is 2. The van der Waals surface area contributed by atoms with Crippen molar-refractivity contribution in [2.75, 3.05) is 20.8 Å². The van der Waals surface area contributed by atoms with Gasteiger partial charge in [0.2, 0.25) is 0 Å². The lowest BCUT2D eigenvalue weighted by molar-refractivity contribution is 0.350. The van der Waals surface area contributed by atoms with Crippen LogP contribution in [0.15, 0.2) is 59.4 Å². The zero-order valence-electron chi connectivity index (χ0n) is 20.8. The van der Waals surface area contributed by atoms with Gasteiger partial charge in [-0.05, 0) is 73.6 Å². The topological polar surface area (TPSA) is 52.5 Å². The highest BCUT2D eigenvalue weighted by molar-refractivity contribution is 5.84. The van der Waals surface area contributed by atoms with Crippen LogP contribution in [0.1, 0.15) is 36.0 Å². The van der Waals surface area contributed by atoms with Gasteiger partial charge in [-0.3, -0.25) is 4.79 Å². The van der Waals surface area contributed by atoms with E-state index in [1.165, 1.54) is 24.8 Å². The number of aromatic nitrogens is 1. The molecule has 5 heteroatoms. The molecule has 35 heavy (non-hydrogen) atoms. The molecular weight excluding hydrogens is 436 g/mol. The van der Waals surface area contributed by atoms with Gasteiger partial charge >= 0.3 is 0 Å².